The normalized spacial score (nSPS) is 16.9. The summed E-state index contributed by atoms with van der Waals surface area (Å²) in [4.78, 5) is 11.2. The van der Waals surface area contributed by atoms with Crippen LogP contribution in [0.4, 0.5) is 0 Å². The second kappa shape index (κ2) is 5.29. The van der Waals surface area contributed by atoms with Crippen molar-refractivity contribution in [2.75, 3.05) is 0 Å². The molecule has 2 nitrogen and oxygen atoms in total. The minimum absolute atomic E-state index is 0.432. The van der Waals surface area contributed by atoms with Gasteiger partial charge in [0, 0.05) is 5.57 Å². The summed E-state index contributed by atoms with van der Waals surface area (Å²) in [5.74, 6) is -0.432. The summed E-state index contributed by atoms with van der Waals surface area (Å²) < 4.78 is 4.44. The molecule has 0 atom stereocenters. The zero-order valence-electron chi connectivity index (χ0n) is 8.38. The molecule has 0 unspecified atom stereocenters. The monoisotopic (exact) mass is 190 g/mol. The van der Waals surface area contributed by atoms with Gasteiger partial charge in [-0.1, -0.05) is 18.1 Å². The van der Waals surface area contributed by atoms with Crippen LogP contribution < -0.4 is 0 Å². The van der Waals surface area contributed by atoms with Crippen molar-refractivity contribution in [3.05, 3.63) is 23.3 Å². The van der Waals surface area contributed by atoms with E-state index in [0.29, 0.717) is 5.57 Å². The van der Waals surface area contributed by atoms with Gasteiger partial charge in [0.15, 0.2) is 0 Å². The summed E-state index contributed by atoms with van der Waals surface area (Å²) in [5, 5.41) is 0. The maximum atomic E-state index is 11.2. The van der Waals surface area contributed by atoms with Gasteiger partial charge in [-0.05, 0) is 38.7 Å². The fourth-order valence-electron chi connectivity index (χ4n) is 1.47. The predicted octanol–water partition coefficient (Wildman–Crippen LogP) is 2.57. The molecule has 0 saturated heterocycles. The lowest BCUT2D eigenvalue weighted by Crippen LogP contribution is -2.02. The number of carbonyl (C=O) groups is 1. The Hall–Kier alpha value is -1.49. The number of terminal acetylenes is 1. The molecule has 0 amide bonds. The highest BCUT2D eigenvalue weighted by Gasteiger charge is 2.07. The van der Waals surface area contributed by atoms with E-state index in [4.69, 9.17) is 6.42 Å². The van der Waals surface area contributed by atoms with Crippen LogP contribution in [0, 0.1) is 12.5 Å². The zero-order valence-corrected chi connectivity index (χ0v) is 8.38. The van der Waals surface area contributed by atoms with Crippen LogP contribution in [0.15, 0.2) is 23.3 Å². The molecule has 0 radical (unpaired) electrons. The van der Waals surface area contributed by atoms with Crippen LogP contribution in [-0.4, -0.2) is 5.97 Å². The molecule has 0 heterocycles. The Balaban J connectivity index is 2.63. The zero-order chi connectivity index (χ0) is 10.4. The molecule has 0 spiro atoms. The van der Waals surface area contributed by atoms with Gasteiger partial charge in [0.25, 0.3) is 0 Å². The summed E-state index contributed by atoms with van der Waals surface area (Å²) in [7, 11) is 0. The van der Waals surface area contributed by atoms with Gasteiger partial charge in [0.1, 0.15) is 6.11 Å². The minimum Gasteiger partial charge on any atom is -0.369 e. The fraction of sp³-hybridized carbons (Fsp3) is 0.417. The van der Waals surface area contributed by atoms with E-state index in [9.17, 15) is 4.79 Å². The first-order valence-electron chi connectivity index (χ1n) is 4.78. The van der Waals surface area contributed by atoms with Crippen LogP contribution in [0.1, 0.15) is 32.6 Å². The molecule has 0 aliphatic heterocycles. The summed E-state index contributed by atoms with van der Waals surface area (Å²) in [5.41, 5.74) is 1.78. The van der Waals surface area contributed by atoms with Crippen LogP contribution in [0.3, 0.4) is 0 Å². The van der Waals surface area contributed by atoms with Crippen molar-refractivity contribution in [1.29, 1.82) is 0 Å². The van der Waals surface area contributed by atoms with Gasteiger partial charge in [-0.2, -0.15) is 0 Å². The molecule has 1 aliphatic carbocycles. The molecule has 0 bridgehead atoms. The van der Waals surface area contributed by atoms with Gasteiger partial charge in [-0.15, -0.1) is 0 Å². The van der Waals surface area contributed by atoms with Crippen molar-refractivity contribution in [3.63, 3.8) is 0 Å². The predicted molar refractivity (Wildman–Crippen MR) is 55.2 cm³/mol. The molecule has 2 heteroatoms. The van der Waals surface area contributed by atoms with Crippen LogP contribution >= 0.6 is 0 Å². The Labute approximate surface area is 84.6 Å². The molecular formula is C12H14O2. The smallest absolute Gasteiger partial charge is 0.347 e. The van der Waals surface area contributed by atoms with Crippen molar-refractivity contribution < 1.29 is 9.53 Å². The van der Waals surface area contributed by atoms with E-state index in [2.05, 4.69) is 10.8 Å². The molecule has 0 aromatic rings. The first kappa shape index (κ1) is 10.6. The second-order valence-corrected chi connectivity index (χ2v) is 3.36. The van der Waals surface area contributed by atoms with Crippen molar-refractivity contribution in [2.24, 2.45) is 0 Å². The lowest BCUT2D eigenvalue weighted by Gasteiger charge is -2.09. The third kappa shape index (κ3) is 3.10. The highest BCUT2D eigenvalue weighted by molar-refractivity contribution is 5.89. The van der Waals surface area contributed by atoms with Gasteiger partial charge in [-0.3, -0.25) is 0 Å². The summed E-state index contributed by atoms with van der Waals surface area (Å²) in [6, 6.07) is 0. The van der Waals surface area contributed by atoms with Gasteiger partial charge < -0.3 is 4.74 Å². The number of hydrogen-bond acceptors (Lipinski definition) is 2. The highest BCUT2D eigenvalue weighted by Crippen LogP contribution is 2.19. The molecule has 0 aromatic carbocycles. The van der Waals surface area contributed by atoms with E-state index in [1.807, 2.05) is 12.2 Å². The lowest BCUT2D eigenvalue weighted by atomic mass is 9.98. The molecule has 0 saturated carbocycles. The average Bonchev–Trinajstić information content (AvgIpc) is 2.19. The van der Waals surface area contributed by atoms with Crippen LogP contribution in [-0.2, 0) is 9.53 Å². The summed E-state index contributed by atoms with van der Waals surface area (Å²) in [6.07, 6.45) is 15.3. The van der Waals surface area contributed by atoms with Crippen molar-refractivity contribution in [2.45, 2.75) is 32.6 Å². The van der Waals surface area contributed by atoms with Gasteiger partial charge in [-0.25, -0.2) is 4.79 Å². The minimum atomic E-state index is -0.432. The number of carbonyl (C=O) groups excluding carboxylic acids is 1. The summed E-state index contributed by atoms with van der Waals surface area (Å²) in [6.45, 7) is 1.72. The Morgan fingerprint density at radius 1 is 1.64 bits per heavy atom. The largest absolute Gasteiger partial charge is 0.369 e. The summed E-state index contributed by atoms with van der Waals surface area (Å²) >= 11 is 0. The third-order valence-corrected chi connectivity index (χ3v) is 2.20. The quantitative estimate of drug-likeness (QED) is 0.380. The first-order valence-corrected chi connectivity index (χ1v) is 4.78. The molecule has 74 valence electrons. The number of hydrogen-bond donors (Lipinski definition) is 0. The van der Waals surface area contributed by atoms with Crippen molar-refractivity contribution in [3.8, 4) is 12.5 Å². The van der Waals surface area contributed by atoms with E-state index in [-0.39, 0.29) is 0 Å². The van der Waals surface area contributed by atoms with Crippen LogP contribution in [0.2, 0.25) is 0 Å². The molecule has 14 heavy (non-hydrogen) atoms. The number of esters is 1. The molecule has 0 N–H and O–H groups in total. The van der Waals surface area contributed by atoms with E-state index in [1.54, 1.807) is 6.92 Å². The average molecular weight is 190 g/mol. The van der Waals surface area contributed by atoms with Gasteiger partial charge in [0.2, 0.25) is 0 Å². The number of rotatable bonds is 2. The second-order valence-electron chi connectivity index (χ2n) is 3.36. The lowest BCUT2D eigenvalue weighted by molar-refractivity contribution is -0.132. The van der Waals surface area contributed by atoms with Crippen LogP contribution in [0.25, 0.3) is 0 Å². The van der Waals surface area contributed by atoms with Crippen LogP contribution in [0.5, 0.6) is 0 Å². The maximum absolute atomic E-state index is 11.2. The molecular weight excluding hydrogens is 176 g/mol. The standard InChI is InChI=1S/C12H14O2/c1-3-14-12(13)10(2)9-11-7-5-4-6-8-11/h1,7,9H,4-6,8H2,2H3. The molecule has 1 aliphatic rings. The topological polar surface area (TPSA) is 26.3 Å². The SMILES string of the molecule is C#COC(=O)C(C)=CC1=CCCCC1. The Morgan fingerprint density at radius 2 is 2.43 bits per heavy atom. The first-order chi connectivity index (χ1) is 6.74. The van der Waals surface area contributed by atoms with Crippen molar-refractivity contribution in [1.82, 2.24) is 0 Å². The Morgan fingerprint density at radius 3 is 3.00 bits per heavy atom. The molecule has 0 fully saturated rings. The van der Waals surface area contributed by atoms with E-state index in [1.165, 1.54) is 18.4 Å². The molecule has 0 aromatic heterocycles. The fourth-order valence-corrected chi connectivity index (χ4v) is 1.47. The van der Waals surface area contributed by atoms with Gasteiger partial charge >= 0.3 is 5.97 Å². The van der Waals surface area contributed by atoms with E-state index in [0.717, 1.165) is 12.8 Å². The third-order valence-electron chi connectivity index (χ3n) is 2.20. The number of ether oxygens (including phenoxy) is 1. The van der Waals surface area contributed by atoms with E-state index >= 15 is 0 Å². The highest BCUT2D eigenvalue weighted by atomic mass is 16.5. The maximum Gasteiger partial charge on any atom is 0.347 e. The Kier molecular flexibility index (Phi) is 4.00. The number of allylic oxidation sites excluding steroid dienone is 3. The van der Waals surface area contributed by atoms with Crippen molar-refractivity contribution >= 4 is 5.97 Å². The van der Waals surface area contributed by atoms with Gasteiger partial charge in [0.05, 0.1) is 0 Å². The molecule has 1 rings (SSSR count). The Bertz CT molecular complexity index is 316. The van der Waals surface area contributed by atoms with E-state index < -0.39 is 5.97 Å².